The van der Waals surface area contributed by atoms with Crippen LogP contribution in [0.4, 0.5) is 13.2 Å². The van der Waals surface area contributed by atoms with Gasteiger partial charge in [0.15, 0.2) is 0 Å². The molecule has 4 aliphatic rings. The number of allylic oxidation sites excluding steroid dienone is 6. The third-order valence-corrected chi connectivity index (χ3v) is 5.28. The number of nitrogens with zero attached hydrogens (tertiary/aromatic N) is 1. The summed E-state index contributed by atoms with van der Waals surface area (Å²) in [5.41, 5.74) is 5.17. The van der Waals surface area contributed by atoms with Crippen molar-refractivity contribution < 1.29 is 13.2 Å². The minimum absolute atomic E-state index is 0.122. The Morgan fingerprint density at radius 3 is 2.63 bits per heavy atom. The molecular formula is C19H20F3N5. The van der Waals surface area contributed by atoms with E-state index in [0.29, 0.717) is 23.5 Å². The standard InChI is InChI=1S/C19H20F3N5/c1-10-25-15-6-5-12(7-16(15)26-10)17(13-8-14(13)19(20,21)22)18(27-24-9-23)11-3-2-4-11/h6-9,11-12,25-26H,1-5H2,(H2,23,24)/b17-13+,27-18-. The Bertz CT molecular complexity index is 853. The summed E-state index contributed by atoms with van der Waals surface area (Å²) in [4.78, 5) is 0. The molecule has 4 rings (SSSR count). The summed E-state index contributed by atoms with van der Waals surface area (Å²) in [6.45, 7) is 3.83. The first-order chi connectivity index (χ1) is 12.9. The highest BCUT2D eigenvalue weighted by molar-refractivity contribution is 6.06. The molecule has 0 radical (unpaired) electrons. The Morgan fingerprint density at radius 1 is 1.30 bits per heavy atom. The van der Waals surface area contributed by atoms with Crippen LogP contribution in [0, 0.1) is 17.2 Å². The minimum Gasteiger partial charge on any atom is -0.341 e. The molecule has 3 aliphatic carbocycles. The van der Waals surface area contributed by atoms with Gasteiger partial charge in [0.25, 0.3) is 0 Å². The van der Waals surface area contributed by atoms with Crippen molar-refractivity contribution in [3.8, 4) is 0 Å². The summed E-state index contributed by atoms with van der Waals surface area (Å²) in [5, 5.41) is 17.7. The molecule has 4 N–H and O–H groups in total. The predicted octanol–water partition coefficient (Wildman–Crippen LogP) is 3.59. The zero-order valence-corrected chi connectivity index (χ0v) is 14.6. The fourth-order valence-electron chi connectivity index (χ4n) is 3.75. The molecule has 0 aromatic heterocycles. The lowest BCUT2D eigenvalue weighted by Crippen LogP contribution is -2.30. The Balaban J connectivity index is 1.73. The first kappa shape index (κ1) is 17.6. The Hall–Kier alpha value is -2.77. The maximum atomic E-state index is 13.2. The van der Waals surface area contributed by atoms with Crippen LogP contribution in [-0.2, 0) is 0 Å². The minimum atomic E-state index is -4.36. The fraction of sp³-hybridized carbons (Fsp3) is 0.368. The van der Waals surface area contributed by atoms with Crippen molar-refractivity contribution in [3.63, 3.8) is 0 Å². The average molecular weight is 375 g/mol. The van der Waals surface area contributed by atoms with Crippen LogP contribution in [0.2, 0.25) is 0 Å². The average Bonchev–Trinajstić information content (AvgIpc) is 3.25. The highest BCUT2D eigenvalue weighted by Crippen LogP contribution is 2.48. The van der Waals surface area contributed by atoms with Gasteiger partial charge in [-0.25, -0.2) is 0 Å². The van der Waals surface area contributed by atoms with Gasteiger partial charge in [-0.1, -0.05) is 25.2 Å². The van der Waals surface area contributed by atoms with Gasteiger partial charge >= 0.3 is 6.18 Å². The lowest BCUT2D eigenvalue weighted by atomic mass is 9.74. The molecule has 1 saturated heterocycles. The van der Waals surface area contributed by atoms with E-state index in [0.717, 1.165) is 37.0 Å². The number of nitrogens with one attached hydrogen (secondary N) is 4. The van der Waals surface area contributed by atoms with Crippen molar-refractivity contribution >= 4 is 12.1 Å². The lowest BCUT2D eigenvalue weighted by molar-refractivity contribution is -0.0852. The van der Waals surface area contributed by atoms with Crippen LogP contribution in [0.5, 0.6) is 0 Å². The molecule has 0 spiro atoms. The van der Waals surface area contributed by atoms with Gasteiger partial charge in [-0.05, 0) is 36.5 Å². The number of alkyl halides is 3. The van der Waals surface area contributed by atoms with Crippen LogP contribution in [0.15, 0.2) is 63.8 Å². The Morgan fingerprint density at radius 2 is 2.04 bits per heavy atom. The van der Waals surface area contributed by atoms with E-state index in [4.69, 9.17) is 5.41 Å². The summed E-state index contributed by atoms with van der Waals surface area (Å²) >= 11 is 0. The molecule has 1 atom stereocenters. The maximum absolute atomic E-state index is 13.2. The van der Waals surface area contributed by atoms with Gasteiger partial charge in [0.1, 0.15) is 5.82 Å². The molecule has 1 heterocycles. The molecule has 0 aromatic rings. The summed E-state index contributed by atoms with van der Waals surface area (Å²) in [6.07, 6.45) is 5.12. The van der Waals surface area contributed by atoms with Gasteiger partial charge in [-0.15, -0.1) is 0 Å². The van der Waals surface area contributed by atoms with E-state index in [9.17, 15) is 13.2 Å². The second-order valence-corrected chi connectivity index (χ2v) is 7.05. The van der Waals surface area contributed by atoms with Gasteiger partial charge in [0.05, 0.1) is 29.0 Å². The molecule has 0 aromatic carbocycles. The number of rotatable bonds is 5. The van der Waals surface area contributed by atoms with Crippen molar-refractivity contribution in [1.29, 1.82) is 5.41 Å². The van der Waals surface area contributed by atoms with Crippen LogP contribution < -0.4 is 16.1 Å². The van der Waals surface area contributed by atoms with E-state index in [1.807, 2.05) is 12.2 Å². The van der Waals surface area contributed by atoms with Crippen molar-refractivity contribution in [2.45, 2.75) is 31.9 Å². The monoisotopic (exact) mass is 375 g/mol. The highest BCUT2D eigenvalue weighted by atomic mass is 19.4. The smallest absolute Gasteiger partial charge is 0.341 e. The number of fused-ring (bicyclic) bond motifs is 1. The number of hydrazone groups is 1. The molecule has 2 fully saturated rings. The van der Waals surface area contributed by atoms with Gasteiger partial charge in [0.2, 0.25) is 0 Å². The first-order valence-corrected chi connectivity index (χ1v) is 8.89. The molecule has 0 amide bonds. The number of halogens is 3. The fourth-order valence-corrected chi connectivity index (χ4v) is 3.75. The van der Waals surface area contributed by atoms with Crippen LogP contribution in [-0.4, -0.2) is 18.2 Å². The highest BCUT2D eigenvalue weighted by Gasteiger charge is 2.46. The van der Waals surface area contributed by atoms with E-state index in [1.54, 1.807) is 0 Å². The van der Waals surface area contributed by atoms with E-state index in [2.05, 4.69) is 27.7 Å². The van der Waals surface area contributed by atoms with Gasteiger partial charge in [-0.2, -0.15) is 18.3 Å². The van der Waals surface area contributed by atoms with Crippen LogP contribution >= 0.6 is 0 Å². The van der Waals surface area contributed by atoms with Gasteiger partial charge in [-0.3, -0.25) is 10.8 Å². The first-order valence-electron chi connectivity index (χ1n) is 8.89. The molecule has 27 heavy (non-hydrogen) atoms. The maximum Gasteiger partial charge on any atom is 0.417 e. The Labute approximate surface area is 155 Å². The topological polar surface area (TPSA) is 72.3 Å². The summed E-state index contributed by atoms with van der Waals surface area (Å²) in [6, 6.07) is 0. The Kier molecular flexibility index (Phi) is 4.20. The largest absolute Gasteiger partial charge is 0.417 e. The van der Waals surface area contributed by atoms with E-state index in [-0.39, 0.29) is 17.4 Å². The quantitative estimate of drug-likeness (QED) is 0.337. The summed E-state index contributed by atoms with van der Waals surface area (Å²) in [5.74, 6) is 0.556. The van der Waals surface area contributed by atoms with E-state index in [1.165, 1.54) is 6.08 Å². The molecule has 142 valence electrons. The zero-order chi connectivity index (χ0) is 19.2. The molecule has 1 unspecified atom stereocenters. The third kappa shape index (κ3) is 3.31. The lowest BCUT2D eigenvalue weighted by Gasteiger charge is -2.31. The van der Waals surface area contributed by atoms with Crippen molar-refractivity contribution in [2.75, 3.05) is 0 Å². The second-order valence-electron chi connectivity index (χ2n) is 7.05. The summed E-state index contributed by atoms with van der Waals surface area (Å²) < 4.78 is 39.7. The molecular weight excluding hydrogens is 355 g/mol. The van der Waals surface area contributed by atoms with Crippen molar-refractivity contribution in [2.24, 2.45) is 16.9 Å². The molecule has 1 saturated carbocycles. The van der Waals surface area contributed by atoms with Crippen LogP contribution in [0.3, 0.4) is 0 Å². The van der Waals surface area contributed by atoms with Crippen LogP contribution in [0.25, 0.3) is 0 Å². The zero-order valence-electron chi connectivity index (χ0n) is 14.6. The normalized spacial score (nSPS) is 26.6. The SMILES string of the molecule is C=C1NC2=CCC(C(/C(=N\NC=N)C3CCC3)=C3C=C/3C(F)(F)F)C=C2N1. The molecule has 8 heteroatoms. The predicted molar refractivity (Wildman–Crippen MR) is 97.5 cm³/mol. The number of hydrogen-bond acceptors (Lipinski definition) is 4. The molecule has 5 nitrogen and oxygen atoms in total. The van der Waals surface area contributed by atoms with E-state index < -0.39 is 11.7 Å². The number of hydrogen-bond donors (Lipinski definition) is 4. The third-order valence-electron chi connectivity index (χ3n) is 5.28. The second kappa shape index (κ2) is 6.44. The van der Waals surface area contributed by atoms with Gasteiger partial charge < -0.3 is 10.6 Å². The van der Waals surface area contributed by atoms with Crippen molar-refractivity contribution in [3.05, 3.63) is 58.7 Å². The molecule has 0 bridgehead atoms. The van der Waals surface area contributed by atoms with Crippen LogP contribution in [0.1, 0.15) is 25.7 Å². The van der Waals surface area contributed by atoms with Gasteiger partial charge in [0, 0.05) is 11.8 Å². The van der Waals surface area contributed by atoms with E-state index >= 15 is 0 Å². The summed E-state index contributed by atoms with van der Waals surface area (Å²) in [7, 11) is 0. The van der Waals surface area contributed by atoms with Crippen molar-refractivity contribution in [1.82, 2.24) is 16.1 Å². The molecule has 1 aliphatic heterocycles.